The molecule has 0 amide bonds. The van der Waals surface area contributed by atoms with Gasteiger partial charge in [-0.05, 0) is 0 Å². The molecule has 84 valence electrons. The van der Waals surface area contributed by atoms with E-state index in [9.17, 15) is 0 Å². The van der Waals surface area contributed by atoms with Crippen LogP contribution in [0.5, 0.6) is 0 Å². The molecule has 0 atom stereocenters. The standard InChI is InChI=1S/C7H9.C7H11.Ru/c1-6-3-4-7(2)5-6;1-6(2)5-7(3)4;/h3H,4H2,1-2H3;1,5H,2-4H3;/q2*-1;+2. The Hall–Kier alpha value is -0.417. The van der Waals surface area contributed by atoms with Gasteiger partial charge in [0, 0.05) is 0 Å². The third-order valence-electron chi connectivity index (χ3n) is 1.64. The minimum atomic E-state index is 0. The SMILES string of the molecule is CC1=[C-]C(C)=CC1.[CH-]=C(C)C=C(C)C.[Ru+2]. The van der Waals surface area contributed by atoms with E-state index < -0.39 is 0 Å². The van der Waals surface area contributed by atoms with Gasteiger partial charge in [-0.2, -0.15) is 11.1 Å². The number of rotatable bonds is 1. The fourth-order valence-corrected chi connectivity index (χ4v) is 1.20. The summed E-state index contributed by atoms with van der Waals surface area (Å²) in [6.07, 6.45) is 8.45. The fourth-order valence-electron chi connectivity index (χ4n) is 1.20. The Bertz CT molecular complexity index is 279. The second-order valence-electron chi connectivity index (χ2n) is 3.96. The molecule has 0 heterocycles. The first-order chi connectivity index (χ1) is 6.41. The van der Waals surface area contributed by atoms with Gasteiger partial charge >= 0.3 is 19.5 Å². The molecule has 1 heteroatoms. The normalized spacial score (nSPS) is 12.6. The Balaban J connectivity index is 0. The Morgan fingerprint density at radius 1 is 1.33 bits per heavy atom. The van der Waals surface area contributed by atoms with Gasteiger partial charge in [0.15, 0.2) is 0 Å². The molecule has 1 aliphatic rings. The molecule has 0 aromatic heterocycles. The van der Waals surface area contributed by atoms with E-state index in [1.807, 2.05) is 26.8 Å². The van der Waals surface area contributed by atoms with Crippen molar-refractivity contribution in [3.63, 3.8) is 0 Å². The summed E-state index contributed by atoms with van der Waals surface area (Å²) in [5.74, 6) is 0. The second kappa shape index (κ2) is 8.86. The summed E-state index contributed by atoms with van der Waals surface area (Å²) in [6, 6.07) is 0. The van der Waals surface area contributed by atoms with Gasteiger partial charge in [-0.1, -0.05) is 41.0 Å². The zero-order valence-corrected chi connectivity index (χ0v) is 12.0. The van der Waals surface area contributed by atoms with Gasteiger partial charge in [0.25, 0.3) is 0 Å². The van der Waals surface area contributed by atoms with Crippen molar-refractivity contribution in [2.45, 2.75) is 41.0 Å². The molecule has 0 fully saturated rings. The third kappa shape index (κ3) is 11.5. The summed E-state index contributed by atoms with van der Waals surface area (Å²) in [4.78, 5) is 0. The molecular weight excluding hydrogens is 269 g/mol. The van der Waals surface area contributed by atoms with E-state index in [-0.39, 0.29) is 19.5 Å². The maximum absolute atomic E-state index is 5.33. The van der Waals surface area contributed by atoms with Gasteiger partial charge in [0.05, 0.1) is 0 Å². The van der Waals surface area contributed by atoms with Crippen molar-refractivity contribution in [2.24, 2.45) is 0 Å². The van der Waals surface area contributed by atoms with Crippen LogP contribution in [0.3, 0.4) is 0 Å². The maximum Gasteiger partial charge on any atom is 2.00 e. The van der Waals surface area contributed by atoms with Gasteiger partial charge in [-0.3, -0.25) is 12.7 Å². The van der Waals surface area contributed by atoms with E-state index in [0.717, 1.165) is 12.0 Å². The molecule has 1 rings (SSSR count). The number of hydrogen-bond acceptors (Lipinski definition) is 0. The van der Waals surface area contributed by atoms with E-state index in [1.165, 1.54) is 16.7 Å². The van der Waals surface area contributed by atoms with Crippen LogP contribution in [0.1, 0.15) is 41.0 Å². The zero-order chi connectivity index (χ0) is 11.1. The van der Waals surface area contributed by atoms with Crippen molar-refractivity contribution < 1.29 is 19.5 Å². The average Bonchev–Trinajstić information content (AvgIpc) is 2.32. The molecule has 0 radical (unpaired) electrons. The van der Waals surface area contributed by atoms with Crippen LogP contribution in [0.4, 0.5) is 0 Å². The van der Waals surface area contributed by atoms with Crippen LogP contribution in [0.15, 0.2) is 34.4 Å². The van der Waals surface area contributed by atoms with Gasteiger partial charge in [0.1, 0.15) is 0 Å². The first-order valence-electron chi connectivity index (χ1n) is 4.92. The summed E-state index contributed by atoms with van der Waals surface area (Å²) in [6.45, 7) is 15.4. The number of hydrogen-bond donors (Lipinski definition) is 0. The molecule has 0 N–H and O–H groups in total. The van der Waals surface area contributed by atoms with Crippen LogP contribution in [0, 0.1) is 12.7 Å². The van der Waals surface area contributed by atoms with Crippen molar-refractivity contribution in [3.05, 3.63) is 47.1 Å². The molecule has 0 unspecified atom stereocenters. The average molecular weight is 289 g/mol. The monoisotopic (exact) mass is 290 g/mol. The van der Waals surface area contributed by atoms with E-state index in [0.29, 0.717) is 0 Å². The van der Waals surface area contributed by atoms with Crippen LogP contribution < -0.4 is 0 Å². The molecule has 0 saturated heterocycles. The molecule has 0 aromatic rings. The molecule has 0 saturated carbocycles. The van der Waals surface area contributed by atoms with E-state index in [1.54, 1.807) is 0 Å². The van der Waals surface area contributed by atoms with Crippen LogP contribution in [-0.2, 0) is 19.5 Å². The van der Waals surface area contributed by atoms with Crippen LogP contribution >= 0.6 is 0 Å². The van der Waals surface area contributed by atoms with Crippen molar-refractivity contribution in [1.82, 2.24) is 0 Å². The van der Waals surface area contributed by atoms with Gasteiger partial charge < -0.3 is 0 Å². The molecule has 0 nitrogen and oxygen atoms in total. The second-order valence-corrected chi connectivity index (χ2v) is 3.96. The molecule has 0 aromatic carbocycles. The topological polar surface area (TPSA) is 0 Å². The van der Waals surface area contributed by atoms with Crippen molar-refractivity contribution in [2.75, 3.05) is 0 Å². The first kappa shape index (κ1) is 17.0. The predicted octanol–water partition coefficient (Wildman–Crippen LogP) is 4.42. The van der Waals surface area contributed by atoms with Crippen molar-refractivity contribution >= 4 is 0 Å². The summed E-state index contributed by atoms with van der Waals surface area (Å²) >= 11 is 0. The summed E-state index contributed by atoms with van der Waals surface area (Å²) in [5.41, 5.74) is 4.77. The Labute approximate surface area is 108 Å². The summed E-state index contributed by atoms with van der Waals surface area (Å²) < 4.78 is 0. The first-order valence-corrected chi connectivity index (χ1v) is 4.92. The Morgan fingerprint density at radius 2 is 1.87 bits per heavy atom. The Kier molecular flexibility index (Phi) is 10.0. The predicted molar refractivity (Wildman–Crippen MR) is 63.7 cm³/mol. The molecule has 0 bridgehead atoms. The zero-order valence-electron chi connectivity index (χ0n) is 10.3. The van der Waals surface area contributed by atoms with Crippen LogP contribution in [0.25, 0.3) is 0 Å². The summed E-state index contributed by atoms with van der Waals surface area (Å²) in [7, 11) is 0. The van der Waals surface area contributed by atoms with Crippen LogP contribution in [0.2, 0.25) is 0 Å². The van der Waals surface area contributed by atoms with Crippen molar-refractivity contribution in [3.8, 4) is 0 Å². The molecule has 0 aliphatic heterocycles. The van der Waals surface area contributed by atoms with E-state index in [2.05, 4.69) is 26.0 Å². The Morgan fingerprint density at radius 3 is 1.93 bits per heavy atom. The largest absolute Gasteiger partial charge is 2.00 e. The van der Waals surface area contributed by atoms with Crippen LogP contribution in [-0.4, -0.2) is 0 Å². The minimum absolute atomic E-state index is 0. The minimum Gasteiger partial charge on any atom is -0.290 e. The smallest absolute Gasteiger partial charge is 0.290 e. The fraction of sp³-hybridized carbons (Fsp3) is 0.429. The van der Waals surface area contributed by atoms with Gasteiger partial charge in [-0.25, -0.2) is 23.3 Å². The van der Waals surface area contributed by atoms with E-state index >= 15 is 0 Å². The molecular formula is C14H20Ru. The maximum atomic E-state index is 5.33. The molecule has 0 spiro atoms. The third-order valence-corrected chi connectivity index (χ3v) is 1.64. The number of allylic oxidation sites excluding steroid dienone is 7. The molecule has 1 aliphatic carbocycles. The summed E-state index contributed by atoms with van der Waals surface area (Å²) in [5, 5.41) is 0. The molecule has 15 heavy (non-hydrogen) atoms. The quantitative estimate of drug-likeness (QED) is 0.381. The van der Waals surface area contributed by atoms with Gasteiger partial charge in [0.2, 0.25) is 0 Å². The van der Waals surface area contributed by atoms with Gasteiger partial charge in [-0.15, -0.1) is 0 Å². The van der Waals surface area contributed by atoms with Crippen molar-refractivity contribution in [1.29, 1.82) is 0 Å². The van der Waals surface area contributed by atoms with E-state index in [4.69, 9.17) is 6.58 Å².